The Morgan fingerprint density at radius 2 is 1.75 bits per heavy atom. The van der Waals surface area contributed by atoms with Gasteiger partial charge in [0, 0.05) is 51.1 Å². The van der Waals surface area contributed by atoms with Gasteiger partial charge in [-0.2, -0.15) is 0 Å². The molecule has 3 aliphatic rings. The van der Waals surface area contributed by atoms with Gasteiger partial charge in [0.2, 0.25) is 0 Å². The van der Waals surface area contributed by atoms with Crippen LogP contribution in [0.1, 0.15) is 57.1 Å². The number of amides is 2. The first-order valence-corrected chi connectivity index (χ1v) is 11.2. The van der Waals surface area contributed by atoms with Crippen LogP contribution < -0.4 is 10.1 Å². The summed E-state index contributed by atoms with van der Waals surface area (Å²) in [7, 11) is 0. The number of carbonyl (C=O) groups excluding carboxylic acids is 1. The average molecular weight is 386 g/mol. The van der Waals surface area contributed by atoms with Crippen LogP contribution in [0.25, 0.3) is 0 Å². The van der Waals surface area contributed by atoms with Gasteiger partial charge in [0.25, 0.3) is 0 Å². The molecule has 28 heavy (non-hydrogen) atoms. The molecule has 0 radical (unpaired) electrons. The molecule has 0 aromatic heterocycles. The lowest BCUT2D eigenvalue weighted by Gasteiger charge is -2.36. The van der Waals surface area contributed by atoms with Crippen LogP contribution in [0.2, 0.25) is 0 Å². The monoisotopic (exact) mass is 385 g/mol. The Morgan fingerprint density at radius 3 is 2.39 bits per heavy atom. The van der Waals surface area contributed by atoms with Crippen molar-refractivity contribution in [2.24, 2.45) is 0 Å². The third-order valence-electron chi connectivity index (χ3n) is 6.55. The molecule has 1 saturated heterocycles. The minimum atomic E-state index is 0.0505. The number of urea groups is 1. The van der Waals surface area contributed by atoms with Crippen molar-refractivity contribution in [3.8, 4) is 5.75 Å². The zero-order chi connectivity index (χ0) is 19.5. The number of nitrogens with zero attached hydrogens (tertiary/aromatic N) is 2. The fourth-order valence-corrected chi connectivity index (χ4v) is 4.62. The number of piperidine rings is 1. The van der Waals surface area contributed by atoms with Crippen LogP contribution in [0.15, 0.2) is 18.2 Å². The van der Waals surface area contributed by atoms with E-state index in [1.165, 1.54) is 43.5 Å². The van der Waals surface area contributed by atoms with E-state index in [1.807, 2.05) is 18.7 Å². The molecule has 0 unspecified atom stereocenters. The molecule has 2 fully saturated rings. The summed E-state index contributed by atoms with van der Waals surface area (Å²) in [6.45, 7) is 7.92. The second kappa shape index (κ2) is 8.73. The van der Waals surface area contributed by atoms with E-state index in [1.54, 1.807) is 0 Å². The molecule has 2 heterocycles. The van der Waals surface area contributed by atoms with Gasteiger partial charge < -0.3 is 15.0 Å². The Balaban J connectivity index is 1.30. The van der Waals surface area contributed by atoms with Gasteiger partial charge in [0.15, 0.2) is 0 Å². The van der Waals surface area contributed by atoms with Gasteiger partial charge in [-0.25, -0.2) is 4.79 Å². The van der Waals surface area contributed by atoms with E-state index in [4.69, 9.17) is 4.74 Å². The van der Waals surface area contributed by atoms with Crippen molar-refractivity contribution in [1.82, 2.24) is 15.1 Å². The zero-order valence-corrected chi connectivity index (χ0v) is 17.5. The fourth-order valence-electron chi connectivity index (χ4n) is 4.62. The summed E-state index contributed by atoms with van der Waals surface area (Å²) in [6, 6.07) is 7.77. The standard InChI is InChI=1S/C23H35N3O2/c1-17(2)24-23(27)26-14-10-21(11-15-26)28-22-7-6-18-8-12-25(20-4-3-5-20)13-9-19(18)16-22/h6-7,16-17,20-21H,3-5,8-15H2,1-2H3,(H,24,27). The highest BCUT2D eigenvalue weighted by atomic mass is 16.5. The summed E-state index contributed by atoms with van der Waals surface area (Å²) in [4.78, 5) is 16.7. The van der Waals surface area contributed by atoms with E-state index in [2.05, 4.69) is 28.4 Å². The minimum absolute atomic E-state index is 0.0505. The number of benzene rings is 1. The third-order valence-corrected chi connectivity index (χ3v) is 6.55. The number of likely N-dealkylation sites (tertiary alicyclic amines) is 1. The van der Waals surface area contributed by atoms with E-state index in [0.717, 1.165) is 50.6 Å². The van der Waals surface area contributed by atoms with E-state index in [0.29, 0.717) is 0 Å². The molecule has 154 valence electrons. The Labute approximate surface area is 169 Å². The lowest BCUT2D eigenvalue weighted by atomic mass is 9.91. The second-order valence-electron chi connectivity index (χ2n) is 8.96. The Morgan fingerprint density at radius 1 is 1.04 bits per heavy atom. The quantitative estimate of drug-likeness (QED) is 0.861. The van der Waals surface area contributed by atoms with Crippen molar-refractivity contribution in [1.29, 1.82) is 0 Å². The first-order chi connectivity index (χ1) is 13.6. The van der Waals surface area contributed by atoms with Gasteiger partial charge in [-0.1, -0.05) is 12.5 Å². The first kappa shape index (κ1) is 19.6. The van der Waals surface area contributed by atoms with E-state index in [9.17, 15) is 4.79 Å². The van der Waals surface area contributed by atoms with Crippen molar-refractivity contribution >= 4 is 6.03 Å². The largest absolute Gasteiger partial charge is 0.490 e. The molecule has 5 nitrogen and oxygen atoms in total. The van der Waals surface area contributed by atoms with Crippen molar-refractivity contribution in [3.05, 3.63) is 29.3 Å². The summed E-state index contributed by atoms with van der Waals surface area (Å²) in [5.41, 5.74) is 2.96. The van der Waals surface area contributed by atoms with E-state index < -0.39 is 0 Å². The molecule has 1 aliphatic carbocycles. The lowest BCUT2D eigenvalue weighted by Crippen LogP contribution is -2.48. The Kier molecular flexibility index (Phi) is 6.10. The number of hydrogen-bond donors (Lipinski definition) is 1. The molecule has 0 bridgehead atoms. The molecular formula is C23H35N3O2. The number of nitrogens with one attached hydrogen (secondary N) is 1. The maximum atomic E-state index is 12.1. The molecular weight excluding hydrogens is 350 g/mol. The Hall–Kier alpha value is -1.75. The highest BCUT2D eigenvalue weighted by molar-refractivity contribution is 5.74. The van der Waals surface area contributed by atoms with Crippen LogP contribution >= 0.6 is 0 Å². The number of fused-ring (bicyclic) bond motifs is 1. The molecule has 1 aromatic rings. The fraction of sp³-hybridized carbons (Fsp3) is 0.696. The predicted octanol–water partition coefficient (Wildman–Crippen LogP) is 3.60. The maximum Gasteiger partial charge on any atom is 0.317 e. The molecule has 2 aliphatic heterocycles. The number of ether oxygens (including phenoxy) is 1. The molecule has 5 heteroatoms. The van der Waals surface area contributed by atoms with Gasteiger partial charge in [-0.15, -0.1) is 0 Å². The highest BCUT2D eigenvalue weighted by Gasteiger charge is 2.27. The van der Waals surface area contributed by atoms with Gasteiger partial charge in [-0.05, 0) is 62.8 Å². The lowest BCUT2D eigenvalue weighted by molar-refractivity contribution is 0.110. The number of hydrogen-bond acceptors (Lipinski definition) is 3. The van der Waals surface area contributed by atoms with Gasteiger partial charge in [-0.3, -0.25) is 4.90 Å². The van der Waals surface area contributed by atoms with Crippen LogP contribution in [-0.4, -0.2) is 60.2 Å². The molecule has 1 saturated carbocycles. The maximum absolute atomic E-state index is 12.1. The minimum Gasteiger partial charge on any atom is -0.490 e. The molecule has 2 amide bonds. The normalized spacial score (nSPS) is 21.8. The molecule has 1 N–H and O–H groups in total. The number of carbonyl (C=O) groups is 1. The molecule has 0 atom stereocenters. The van der Waals surface area contributed by atoms with Crippen LogP contribution in [0.5, 0.6) is 5.75 Å². The van der Waals surface area contributed by atoms with Crippen LogP contribution in [0, 0.1) is 0 Å². The highest BCUT2D eigenvalue weighted by Crippen LogP contribution is 2.29. The van der Waals surface area contributed by atoms with Crippen molar-refractivity contribution in [3.63, 3.8) is 0 Å². The van der Waals surface area contributed by atoms with Crippen molar-refractivity contribution in [2.45, 2.75) is 77.0 Å². The summed E-state index contributed by atoms with van der Waals surface area (Å²) < 4.78 is 6.31. The Bertz CT molecular complexity index is 678. The van der Waals surface area contributed by atoms with Gasteiger partial charge >= 0.3 is 6.03 Å². The topological polar surface area (TPSA) is 44.8 Å². The summed E-state index contributed by atoms with van der Waals surface area (Å²) >= 11 is 0. The predicted molar refractivity (Wildman–Crippen MR) is 112 cm³/mol. The second-order valence-corrected chi connectivity index (χ2v) is 8.96. The average Bonchev–Trinajstić information content (AvgIpc) is 2.83. The van der Waals surface area contributed by atoms with Crippen LogP contribution in [0.4, 0.5) is 4.79 Å². The van der Waals surface area contributed by atoms with Gasteiger partial charge in [0.1, 0.15) is 11.9 Å². The van der Waals surface area contributed by atoms with E-state index >= 15 is 0 Å². The first-order valence-electron chi connectivity index (χ1n) is 11.2. The molecule has 1 aromatic carbocycles. The molecule has 4 rings (SSSR count). The molecule has 0 spiro atoms. The smallest absolute Gasteiger partial charge is 0.317 e. The van der Waals surface area contributed by atoms with Crippen LogP contribution in [0.3, 0.4) is 0 Å². The SMILES string of the molecule is CC(C)NC(=O)N1CCC(Oc2ccc3c(c2)CCN(C2CCC2)CC3)CC1. The third kappa shape index (κ3) is 4.62. The zero-order valence-electron chi connectivity index (χ0n) is 17.5. The van der Waals surface area contributed by atoms with Crippen molar-refractivity contribution < 1.29 is 9.53 Å². The number of rotatable bonds is 4. The summed E-state index contributed by atoms with van der Waals surface area (Å²) in [5.74, 6) is 1.00. The van der Waals surface area contributed by atoms with Gasteiger partial charge in [0.05, 0.1) is 0 Å². The van der Waals surface area contributed by atoms with Crippen LogP contribution in [-0.2, 0) is 12.8 Å². The summed E-state index contributed by atoms with van der Waals surface area (Å²) in [6.07, 6.45) is 8.49. The van der Waals surface area contributed by atoms with Crippen molar-refractivity contribution in [2.75, 3.05) is 26.2 Å². The van der Waals surface area contributed by atoms with E-state index in [-0.39, 0.29) is 18.2 Å². The summed E-state index contributed by atoms with van der Waals surface area (Å²) in [5, 5.41) is 2.98.